The van der Waals surface area contributed by atoms with Gasteiger partial charge in [-0.05, 0) is 45.6 Å². The molecule has 0 amide bonds. The summed E-state index contributed by atoms with van der Waals surface area (Å²) in [6.45, 7) is 4.95. The van der Waals surface area contributed by atoms with E-state index >= 15 is 0 Å². The van der Waals surface area contributed by atoms with Crippen molar-refractivity contribution in [3.8, 4) is 0 Å². The predicted octanol–water partition coefficient (Wildman–Crippen LogP) is 1.54. The first kappa shape index (κ1) is 15.0. The van der Waals surface area contributed by atoms with Crippen LogP contribution in [-0.2, 0) is 27.9 Å². The highest BCUT2D eigenvalue weighted by Crippen LogP contribution is 2.34. The third-order valence-electron chi connectivity index (χ3n) is 4.10. The first-order valence-corrected chi connectivity index (χ1v) is 8.16. The number of hydrogen-bond acceptors (Lipinski definition) is 5. The molecule has 0 spiro atoms. The van der Waals surface area contributed by atoms with Gasteiger partial charge in [0.25, 0.3) is 5.56 Å². The molecule has 22 heavy (non-hydrogen) atoms. The second kappa shape index (κ2) is 5.08. The number of nitrogens with zero attached hydrogens (tertiary/aromatic N) is 1. The highest BCUT2D eigenvalue weighted by molar-refractivity contribution is 7.18. The molecule has 0 bridgehead atoms. The van der Waals surface area contributed by atoms with Crippen molar-refractivity contribution >= 4 is 27.5 Å². The first-order chi connectivity index (χ1) is 10.4. The van der Waals surface area contributed by atoms with Crippen LogP contribution in [-0.4, -0.2) is 22.1 Å². The summed E-state index contributed by atoms with van der Waals surface area (Å²) < 4.78 is 5.99. The molecule has 3 rings (SSSR count). The van der Waals surface area contributed by atoms with Gasteiger partial charge in [0, 0.05) is 4.88 Å². The molecular weight excluding hydrogens is 304 g/mol. The van der Waals surface area contributed by atoms with E-state index in [-0.39, 0.29) is 6.61 Å². The van der Waals surface area contributed by atoms with Crippen LogP contribution in [0.5, 0.6) is 0 Å². The van der Waals surface area contributed by atoms with Gasteiger partial charge in [-0.1, -0.05) is 0 Å². The minimum Gasteiger partial charge on any atom is -0.464 e. The molecule has 0 radical (unpaired) electrons. The van der Waals surface area contributed by atoms with Crippen molar-refractivity contribution in [3.63, 3.8) is 0 Å². The highest BCUT2D eigenvalue weighted by atomic mass is 32.1. The zero-order chi connectivity index (χ0) is 16.1. The number of thiophene rings is 1. The van der Waals surface area contributed by atoms with Crippen LogP contribution < -0.4 is 11.2 Å². The number of rotatable bonds is 3. The van der Waals surface area contributed by atoms with Crippen molar-refractivity contribution in [1.29, 1.82) is 0 Å². The lowest BCUT2D eigenvalue weighted by atomic mass is 10.1. The number of hydrogen-bond donors (Lipinski definition) is 1. The number of aryl methyl sites for hydroxylation is 2. The standard InChI is InChI=1S/C15H18N2O4S/c1-4-21-13(19)15(2,3)17-12(18)10-8-6-5-7-9(8)22-11(10)16-14(17)20/h4-7H2,1-3H3,(H,16,20). The van der Waals surface area contributed by atoms with Gasteiger partial charge in [0.15, 0.2) is 0 Å². The molecule has 2 aromatic rings. The fraction of sp³-hybridized carbons (Fsp3) is 0.533. The highest BCUT2D eigenvalue weighted by Gasteiger charge is 2.36. The van der Waals surface area contributed by atoms with Crippen LogP contribution >= 0.6 is 11.3 Å². The van der Waals surface area contributed by atoms with Gasteiger partial charge in [-0.15, -0.1) is 11.3 Å². The Hall–Kier alpha value is -1.89. The molecule has 7 heteroatoms. The van der Waals surface area contributed by atoms with E-state index in [9.17, 15) is 14.4 Å². The molecule has 2 aromatic heterocycles. The normalized spacial score (nSPS) is 14.3. The van der Waals surface area contributed by atoms with Gasteiger partial charge in [-0.2, -0.15) is 0 Å². The van der Waals surface area contributed by atoms with E-state index in [1.807, 2.05) is 0 Å². The Morgan fingerprint density at radius 1 is 1.36 bits per heavy atom. The van der Waals surface area contributed by atoms with E-state index in [0.29, 0.717) is 10.2 Å². The zero-order valence-electron chi connectivity index (χ0n) is 12.8. The average molecular weight is 322 g/mol. The number of aromatic nitrogens is 2. The molecule has 2 heterocycles. The number of nitrogens with one attached hydrogen (secondary N) is 1. The van der Waals surface area contributed by atoms with E-state index < -0.39 is 22.8 Å². The molecule has 1 aliphatic rings. The van der Waals surface area contributed by atoms with Crippen molar-refractivity contribution in [1.82, 2.24) is 9.55 Å². The van der Waals surface area contributed by atoms with Gasteiger partial charge in [0.2, 0.25) is 0 Å². The smallest absolute Gasteiger partial charge is 0.332 e. The minimum atomic E-state index is -1.34. The molecule has 1 aliphatic carbocycles. The van der Waals surface area contributed by atoms with Crippen LogP contribution in [0.2, 0.25) is 0 Å². The van der Waals surface area contributed by atoms with E-state index in [0.717, 1.165) is 34.3 Å². The maximum absolute atomic E-state index is 12.9. The number of fused-ring (bicyclic) bond motifs is 3. The van der Waals surface area contributed by atoms with E-state index in [1.165, 1.54) is 25.2 Å². The lowest BCUT2D eigenvalue weighted by molar-refractivity contribution is -0.152. The Balaban J connectivity index is 2.29. The summed E-state index contributed by atoms with van der Waals surface area (Å²) in [4.78, 5) is 41.9. The molecule has 0 unspecified atom stereocenters. The van der Waals surface area contributed by atoms with Crippen LogP contribution in [0, 0.1) is 0 Å². The zero-order valence-corrected chi connectivity index (χ0v) is 13.6. The Morgan fingerprint density at radius 3 is 2.77 bits per heavy atom. The molecule has 0 fully saturated rings. The molecule has 1 N–H and O–H groups in total. The summed E-state index contributed by atoms with van der Waals surface area (Å²) in [7, 11) is 0. The third kappa shape index (κ3) is 2.03. The largest absolute Gasteiger partial charge is 0.464 e. The van der Waals surface area contributed by atoms with Crippen LogP contribution in [0.3, 0.4) is 0 Å². The Bertz CT molecular complexity index is 872. The van der Waals surface area contributed by atoms with Crippen molar-refractivity contribution in [2.75, 3.05) is 6.61 Å². The lowest BCUT2D eigenvalue weighted by Gasteiger charge is -2.24. The van der Waals surface area contributed by atoms with Crippen LogP contribution in [0.25, 0.3) is 10.2 Å². The van der Waals surface area contributed by atoms with Gasteiger partial charge in [0.05, 0.1) is 12.0 Å². The molecule has 0 atom stereocenters. The summed E-state index contributed by atoms with van der Waals surface area (Å²) in [5, 5.41) is 0.550. The van der Waals surface area contributed by atoms with Gasteiger partial charge in [-0.25, -0.2) is 14.2 Å². The molecule has 0 aliphatic heterocycles. The molecular formula is C15H18N2O4S. The summed E-state index contributed by atoms with van der Waals surface area (Å²) in [6, 6.07) is 0. The van der Waals surface area contributed by atoms with Crippen molar-refractivity contribution < 1.29 is 9.53 Å². The predicted molar refractivity (Wildman–Crippen MR) is 84.7 cm³/mol. The van der Waals surface area contributed by atoms with Gasteiger partial charge < -0.3 is 4.74 Å². The maximum atomic E-state index is 12.9. The number of carbonyl (C=O) groups excluding carboxylic acids is 1. The molecule has 0 aromatic carbocycles. The molecule has 6 nitrogen and oxygen atoms in total. The topological polar surface area (TPSA) is 81.2 Å². The fourth-order valence-corrected chi connectivity index (χ4v) is 4.25. The van der Waals surface area contributed by atoms with Crippen molar-refractivity contribution in [2.24, 2.45) is 0 Å². The third-order valence-corrected chi connectivity index (χ3v) is 5.30. The summed E-state index contributed by atoms with van der Waals surface area (Å²) in [5.41, 5.74) is -1.30. The summed E-state index contributed by atoms with van der Waals surface area (Å²) in [6.07, 6.45) is 2.81. The monoisotopic (exact) mass is 322 g/mol. The fourth-order valence-electron chi connectivity index (χ4n) is 2.98. The minimum absolute atomic E-state index is 0.199. The van der Waals surface area contributed by atoms with E-state index in [2.05, 4.69) is 4.98 Å². The summed E-state index contributed by atoms with van der Waals surface area (Å²) >= 11 is 1.47. The number of H-pyrrole nitrogens is 1. The summed E-state index contributed by atoms with van der Waals surface area (Å²) in [5.74, 6) is -0.589. The second-order valence-electron chi connectivity index (χ2n) is 5.91. The van der Waals surface area contributed by atoms with Crippen molar-refractivity contribution in [2.45, 2.75) is 45.6 Å². The Labute approximate surface area is 130 Å². The van der Waals surface area contributed by atoms with Gasteiger partial charge in [0.1, 0.15) is 10.4 Å². The number of aromatic amines is 1. The van der Waals surface area contributed by atoms with Crippen LogP contribution in [0.1, 0.15) is 37.6 Å². The van der Waals surface area contributed by atoms with E-state index in [1.54, 1.807) is 6.92 Å². The van der Waals surface area contributed by atoms with E-state index in [4.69, 9.17) is 4.74 Å². The molecule has 0 saturated carbocycles. The quantitative estimate of drug-likeness (QED) is 0.869. The lowest BCUT2D eigenvalue weighted by Crippen LogP contribution is -2.51. The number of esters is 1. The van der Waals surface area contributed by atoms with Crippen LogP contribution in [0.4, 0.5) is 0 Å². The Morgan fingerprint density at radius 2 is 2.09 bits per heavy atom. The average Bonchev–Trinajstić information content (AvgIpc) is 2.98. The second-order valence-corrected chi connectivity index (χ2v) is 7.02. The number of carbonyl (C=O) groups is 1. The number of ether oxygens (including phenoxy) is 1. The molecule has 118 valence electrons. The Kier molecular flexibility index (Phi) is 3.47. The van der Waals surface area contributed by atoms with Crippen LogP contribution in [0.15, 0.2) is 9.59 Å². The van der Waals surface area contributed by atoms with Crippen molar-refractivity contribution in [3.05, 3.63) is 31.3 Å². The first-order valence-electron chi connectivity index (χ1n) is 7.35. The maximum Gasteiger partial charge on any atom is 0.332 e. The SMILES string of the molecule is CCOC(=O)C(C)(C)n1c(=O)[nH]c2sc3c(c2c1=O)CCC3. The van der Waals surface area contributed by atoms with Gasteiger partial charge in [-0.3, -0.25) is 9.78 Å². The van der Waals surface area contributed by atoms with Gasteiger partial charge >= 0.3 is 11.7 Å². The molecule has 0 saturated heterocycles.